The first-order valence-electron chi connectivity index (χ1n) is 10.6. The number of hydrogen-bond donors (Lipinski definition) is 1. The second kappa shape index (κ2) is 11.7. The highest BCUT2D eigenvalue weighted by Crippen LogP contribution is 2.32. The SMILES string of the molecule is CO[C@@H]1CN(CCOC2CC(OC(F)(F)F)C2)CCC1NC(=O)COc1ccc(Cl)c(F)c1. The van der Waals surface area contributed by atoms with Crippen LogP contribution in [0.5, 0.6) is 5.75 Å². The molecule has 1 saturated carbocycles. The summed E-state index contributed by atoms with van der Waals surface area (Å²) in [5.74, 6) is -0.778. The van der Waals surface area contributed by atoms with Gasteiger partial charge in [0.25, 0.3) is 5.91 Å². The molecule has 0 bridgehead atoms. The highest BCUT2D eigenvalue weighted by molar-refractivity contribution is 6.30. The summed E-state index contributed by atoms with van der Waals surface area (Å²) in [7, 11) is 1.56. The number of hydrogen-bond acceptors (Lipinski definition) is 6. The Morgan fingerprint density at radius 1 is 1.27 bits per heavy atom. The summed E-state index contributed by atoms with van der Waals surface area (Å²) in [5.41, 5.74) is 0. The van der Waals surface area contributed by atoms with Gasteiger partial charge in [-0.3, -0.25) is 14.4 Å². The van der Waals surface area contributed by atoms with E-state index in [1.54, 1.807) is 7.11 Å². The van der Waals surface area contributed by atoms with Crippen LogP contribution in [0.25, 0.3) is 0 Å². The summed E-state index contributed by atoms with van der Waals surface area (Å²) >= 11 is 5.62. The van der Waals surface area contributed by atoms with Crippen LogP contribution >= 0.6 is 11.6 Å². The first kappa shape index (κ1) is 26.0. The quantitative estimate of drug-likeness (QED) is 0.500. The highest BCUT2D eigenvalue weighted by Gasteiger charge is 2.40. The van der Waals surface area contributed by atoms with Gasteiger partial charge in [0.2, 0.25) is 0 Å². The molecule has 33 heavy (non-hydrogen) atoms. The number of ether oxygens (including phenoxy) is 4. The summed E-state index contributed by atoms with van der Waals surface area (Å²) in [4.78, 5) is 14.4. The minimum atomic E-state index is -4.61. The van der Waals surface area contributed by atoms with Gasteiger partial charge in [0.05, 0.1) is 36.0 Å². The number of methoxy groups -OCH3 is 1. The Morgan fingerprint density at radius 2 is 2.03 bits per heavy atom. The van der Waals surface area contributed by atoms with Crippen LogP contribution in [0.4, 0.5) is 17.6 Å². The monoisotopic (exact) mass is 498 g/mol. The lowest BCUT2D eigenvalue weighted by atomic mass is 9.92. The van der Waals surface area contributed by atoms with Crippen molar-refractivity contribution in [1.82, 2.24) is 10.2 Å². The van der Waals surface area contributed by atoms with Crippen molar-refractivity contribution in [2.45, 2.75) is 50.0 Å². The van der Waals surface area contributed by atoms with Gasteiger partial charge in [-0.05, 0) is 18.6 Å². The molecule has 0 radical (unpaired) electrons. The molecule has 186 valence electrons. The van der Waals surface area contributed by atoms with E-state index in [-0.39, 0.29) is 54.4 Å². The van der Waals surface area contributed by atoms with Crippen LogP contribution < -0.4 is 10.1 Å². The molecule has 12 heteroatoms. The van der Waals surface area contributed by atoms with Crippen molar-refractivity contribution in [3.63, 3.8) is 0 Å². The fraction of sp³-hybridized carbons (Fsp3) is 0.667. The summed E-state index contributed by atoms with van der Waals surface area (Å²) in [6, 6.07) is 3.73. The fourth-order valence-corrected chi connectivity index (χ4v) is 3.96. The van der Waals surface area contributed by atoms with Gasteiger partial charge >= 0.3 is 6.36 Å². The first-order valence-corrected chi connectivity index (χ1v) is 11.0. The van der Waals surface area contributed by atoms with Crippen molar-refractivity contribution in [3.05, 3.63) is 29.0 Å². The lowest BCUT2D eigenvalue weighted by molar-refractivity contribution is -0.357. The number of alkyl halides is 3. The summed E-state index contributed by atoms with van der Waals surface area (Å²) < 4.78 is 70.3. The van der Waals surface area contributed by atoms with Gasteiger partial charge in [0.1, 0.15) is 11.6 Å². The molecular formula is C21H27ClF4N2O5. The number of amides is 1. The molecule has 1 heterocycles. The third-order valence-electron chi connectivity index (χ3n) is 5.67. The van der Waals surface area contributed by atoms with Crippen LogP contribution in [-0.2, 0) is 19.0 Å². The molecule has 1 aliphatic carbocycles. The zero-order valence-electron chi connectivity index (χ0n) is 18.1. The zero-order valence-corrected chi connectivity index (χ0v) is 18.8. The maximum absolute atomic E-state index is 13.5. The normalized spacial score (nSPS) is 26.0. The minimum absolute atomic E-state index is 0.0285. The van der Waals surface area contributed by atoms with E-state index in [1.807, 2.05) is 0 Å². The molecule has 2 aliphatic rings. The number of carbonyl (C=O) groups excluding carboxylic acids is 1. The number of piperidine rings is 1. The van der Waals surface area contributed by atoms with Crippen molar-refractivity contribution in [1.29, 1.82) is 0 Å². The second-order valence-electron chi connectivity index (χ2n) is 8.05. The Morgan fingerprint density at radius 3 is 2.70 bits per heavy atom. The molecule has 7 nitrogen and oxygen atoms in total. The van der Waals surface area contributed by atoms with Gasteiger partial charge in [0, 0.05) is 45.7 Å². The van der Waals surface area contributed by atoms with Gasteiger partial charge < -0.3 is 19.5 Å². The van der Waals surface area contributed by atoms with Gasteiger partial charge in [-0.1, -0.05) is 11.6 Å². The maximum Gasteiger partial charge on any atom is 0.522 e. The third-order valence-corrected chi connectivity index (χ3v) is 5.97. The average Bonchev–Trinajstić information content (AvgIpc) is 2.72. The number of carbonyl (C=O) groups is 1. The van der Waals surface area contributed by atoms with Crippen molar-refractivity contribution < 1.29 is 41.3 Å². The van der Waals surface area contributed by atoms with Crippen molar-refractivity contribution in [2.75, 3.05) is 40.0 Å². The van der Waals surface area contributed by atoms with E-state index in [0.717, 1.165) is 6.07 Å². The number of nitrogens with zero attached hydrogens (tertiary/aromatic N) is 1. The van der Waals surface area contributed by atoms with E-state index in [4.69, 9.17) is 25.8 Å². The topological polar surface area (TPSA) is 69.3 Å². The smallest absolute Gasteiger partial charge is 0.484 e. The van der Waals surface area contributed by atoms with E-state index >= 15 is 0 Å². The number of likely N-dealkylation sites (tertiary alicyclic amines) is 1. The van der Waals surface area contributed by atoms with Crippen LogP contribution in [0.15, 0.2) is 18.2 Å². The van der Waals surface area contributed by atoms with Crippen molar-refractivity contribution in [2.24, 2.45) is 0 Å². The minimum Gasteiger partial charge on any atom is -0.484 e. The molecule has 3 rings (SSSR count). The van der Waals surface area contributed by atoms with Crippen LogP contribution in [0.3, 0.4) is 0 Å². The lowest BCUT2D eigenvalue weighted by Gasteiger charge is -2.39. The van der Waals surface area contributed by atoms with Gasteiger partial charge in [-0.25, -0.2) is 4.39 Å². The van der Waals surface area contributed by atoms with E-state index in [0.29, 0.717) is 32.7 Å². The molecule has 1 N–H and O–H groups in total. The molecule has 1 saturated heterocycles. The lowest BCUT2D eigenvalue weighted by Crippen LogP contribution is -2.56. The molecule has 1 amide bonds. The Labute approximate surface area is 194 Å². The largest absolute Gasteiger partial charge is 0.522 e. The van der Waals surface area contributed by atoms with Crippen LogP contribution in [0.1, 0.15) is 19.3 Å². The number of benzene rings is 1. The average molecular weight is 499 g/mol. The van der Waals surface area contributed by atoms with Crippen molar-refractivity contribution in [3.8, 4) is 5.75 Å². The second-order valence-corrected chi connectivity index (χ2v) is 8.46. The Kier molecular flexibility index (Phi) is 9.17. The molecule has 2 atom stereocenters. The molecule has 1 unspecified atom stereocenters. The zero-order chi connectivity index (χ0) is 24.0. The summed E-state index contributed by atoms with van der Waals surface area (Å²) in [5, 5.41) is 2.85. The van der Waals surface area contributed by atoms with E-state index in [2.05, 4.69) is 15.0 Å². The van der Waals surface area contributed by atoms with E-state index in [1.165, 1.54) is 12.1 Å². The van der Waals surface area contributed by atoms with E-state index in [9.17, 15) is 22.4 Å². The molecule has 1 aliphatic heterocycles. The standard InChI is InChI=1S/C21H27ClF4N2O5/c1-30-19-11-28(6-7-31-14-8-15(9-14)33-21(24,25)26)5-4-18(19)27-20(29)12-32-13-2-3-16(22)17(23)10-13/h2-3,10,14-15,18-19H,4-9,11-12H2,1H3,(H,27,29)/t14?,15?,18?,19-/m1/s1. The first-order chi connectivity index (χ1) is 15.6. The highest BCUT2D eigenvalue weighted by atomic mass is 35.5. The molecule has 0 spiro atoms. The third kappa shape index (κ3) is 8.25. The Bertz CT molecular complexity index is 794. The summed E-state index contributed by atoms with van der Waals surface area (Å²) in [6.45, 7) is 1.99. The predicted octanol–water partition coefficient (Wildman–Crippen LogP) is 3.15. The van der Waals surface area contributed by atoms with Gasteiger partial charge in [-0.2, -0.15) is 0 Å². The number of nitrogens with one attached hydrogen (secondary N) is 1. The molecule has 1 aromatic carbocycles. The number of rotatable bonds is 10. The fourth-order valence-electron chi connectivity index (χ4n) is 3.84. The molecular weight excluding hydrogens is 472 g/mol. The van der Waals surface area contributed by atoms with Crippen LogP contribution in [-0.4, -0.2) is 81.5 Å². The maximum atomic E-state index is 13.5. The van der Waals surface area contributed by atoms with Gasteiger partial charge in [-0.15, -0.1) is 13.2 Å². The van der Waals surface area contributed by atoms with Crippen LogP contribution in [0.2, 0.25) is 5.02 Å². The Hall–Kier alpha value is -1.66. The number of halogens is 5. The summed E-state index contributed by atoms with van der Waals surface area (Å²) in [6.07, 6.45) is -4.78. The molecule has 2 fully saturated rings. The Balaban J connectivity index is 1.32. The van der Waals surface area contributed by atoms with E-state index < -0.39 is 18.3 Å². The van der Waals surface area contributed by atoms with Gasteiger partial charge in [0.15, 0.2) is 6.61 Å². The predicted molar refractivity (Wildman–Crippen MR) is 111 cm³/mol. The van der Waals surface area contributed by atoms with Crippen molar-refractivity contribution >= 4 is 17.5 Å². The van der Waals surface area contributed by atoms with Crippen LogP contribution in [0, 0.1) is 5.82 Å². The molecule has 1 aromatic rings. The molecule has 0 aromatic heterocycles.